The van der Waals surface area contributed by atoms with E-state index in [1.54, 1.807) is 0 Å². The molecule has 26 heavy (non-hydrogen) atoms. The molecule has 1 heterocycles. The molecule has 0 bridgehead atoms. The van der Waals surface area contributed by atoms with E-state index in [2.05, 4.69) is 66.2 Å². The lowest BCUT2D eigenvalue weighted by Gasteiger charge is -2.48. The number of hydrogen-bond acceptors (Lipinski definition) is 2. The first-order valence-corrected chi connectivity index (χ1v) is 18.6. The lowest BCUT2D eigenvalue weighted by molar-refractivity contribution is -0.311. The Labute approximate surface area is 165 Å². The van der Waals surface area contributed by atoms with E-state index in [1.807, 2.05) is 0 Å². The van der Waals surface area contributed by atoms with Gasteiger partial charge in [0.15, 0.2) is 5.79 Å². The van der Waals surface area contributed by atoms with Crippen molar-refractivity contribution >= 4 is 15.2 Å². The second-order valence-corrected chi connectivity index (χ2v) is 27.7. The molecule has 1 rings (SSSR count). The minimum atomic E-state index is -1.29. The molecule has 0 saturated carbocycles. The Hall–Kier alpha value is 0.0938. The summed E-state index contributed by atoms with van der Waals surface area (Å²) in [5, 5.41) is 0. The lowest BCUT2D eigenvalue weighted by Crippen LogP contribution is -2.58. The number of unbranched alkanes of at least 4 members (excludes halogenated alkanes) is 5. The molecule has 3 atom stereocenters. The monoisotopic (exact) mass is 398 g/mol. The van der Waals surface area contributed by atoms with Gasteiger partial charge in [0.2, 0.25) is 0 Å². The SMILES string of the molecule is C=C[C@H]1[C@H](C[Si](C)(C)[Si](C)(C)C)OC(C)(C)O[C@@H]1CCCCCCCC. The summed E-state index contributed by atoms with van der Waals surface area (Å²) in [6, 6.07) is 1.24. The van der Waals surface area contributed by atoms with Crippen LogP contribution in [0.2, 0.25) is 38.8 Å². The van der Waals surface area contributed by atoms with Crippen molar-refractivity contribution in [2.24, 2.45) is 5.92 Å². The number of rotatable bonds is 11. The van der Waals surface area contributed by atoms with Crippen molar-refractivity contribution in [1.82, 2.24) is 0 Å². The zero-order valence-electron chi connectivity index (χ0n) is 19.0. The van der Waals surface area contributed by atoms with Gasteiger partial charge in [0, 0.05) is 21.1 Å². The van der Waals surface area contributed by atoms with Crippen LogP contribution in [-0.2, 0) is 9.47 Å². The van der Waals surface area contributed by atoms with Crippen molar-refractivity contribution in [1.29, 1.82) is 0 Å². The van der Waals surface area contributed by atoms with Gasteiger partial charge in [-0.3, -0.25) is 0 Å². The summed E-state index contributed by atoms with van der Waals surface area (Å²) in [7, 11) is -2.42. The van der Waals surface area contributed by atoms with Crippen LogP contribution >= 0.6 is 0 Å². The van der Waals surface area contributed by atoms with Gasteiger partial charge in [0.25, 0.3) is 0 Å². The van der Waals surface area contributed by atoms with Crippen LogP contribution in [0.5, 0.6) is 0 Å². The van der Waals surface area contributed by atoms with Gasteiger partial charge in [-0.25, -0.2) is 0 Å². The minimum Gasteiger partial charge on any atom is -0.347 e. The first kappa shape index (κ1) is 24.1. The predicted molar refractivity (Wildman–Crippen MR) is 121 cm³/mol. The maximum atomic E-state index is 6.46. The maximum Gasteiger partial charge on any atom is 0.163 e. The molecule has 0 amide bonds. The molecule has 4 heteroatoms. The molecule has 154 valence electrons. The molecule has 0 aromatic rings. The first-order chi connectivity index (χ1) is 11.9. The summed E-state index contributed by atoms with van der Waals surface area (Å²) in [5.74, 6) is -0.136. The zero-order chi connectivity index (χ0) is 20.0. The molecule has 0 unspecified atom stereocenters. The standard InChI is InChI=1S/C22H46O2Si2/c1-10-12-13-14-15-16-17-20-19(11-2)21(24-22(3,4)23-20)18-26(8,9)25(5,6)7/h11,19-21H,2,10,12-18H2,1,3-9H3/t19-,20-,21+/m1/s1. The maximum absolute atomic E-state index is 6.46. The fourth-order valence-corrected chi connectivity index (χ4v) is 8.24. The molecule has 0 aromatic carbocycles. The number of ether oxygens (including phenoxy) is 2. The van der Waals surface area contributed by atoms with E-state index in [0.29, 0.717) is 5.92 Å². The van der Waals surface area contributed by atoms with E-state index >= 15 is 0 Å². The molecule has 0 N–H and O–H groups in total. The van der Waals surface area contributed by atoms with E-state index in [-0.39, 0.29) is 12.2 Å². The van der Waals surface area contributed by atoms with Crippen molar-refractivity contribution in [3.8, 4) is 0 Å². The van der Waals surface area contributed by atoms with Gasteiger partial charge in [-0.2, -0.15) is 0 Å². The van der Waals surface area contributed by atoms with Gasteiger partial charge in [0.1, 0.15) is 0 Å². The van der Waals surface area contributed by atoms with Crippen LogP contribution in [0.3, 0.4) is 0 Å². The second-order valence-electron chi connectivity index (χ2n) is 10.4. The third kappa shape index (κ3) is 7.25. The Bertz CT molecular complexity index is 426. The fraction of sp³-hybridized carbons (Fsp3) is 0.909. The summed E-state index contributed by atoms with van der Waals surface area (Å²) in [6.07, 6.45) is 11.8. The summed E-state index contributed by atoms with van der Waals surface area (Å²) in [6.45, 7) is 23.3. The van der Waals surface area contributed by atoms with Gasteiger partial charge in [-0.15, -0.1) is 6.58 Å². The number of hydrogen-bond donors (Lipinski definition) is 0. The Morgan fingerprint density at radius 3 is 1.96 bits per heavy atom. The molecule has 0 aliphatic carbocycles. The third-order valence-corrected chi connectivity index (χ3v) is 24.9. The molecule has 0 spiro atoms. The van der Waals surface area contributed by atoms with Crippen molar-refractivity contribution in [2.45, 2.75) is 122 Å². The van der Waals surface area contributed by atoms with E-state index < -0.39 is 21.0 Å². The van der Waals surface area contributed by atoms with Crippen LogP contribution in [0.1, 0.15) is 65.7 Å². The molecule has 1 aliphatic rings. The Morgan fingerprint density at radius 1 is 0.885 bits per heavy atom. The van der Waals surface area contributed by atoms with E-state index in [1.165, 1.54) is 44.6 Å². The van der Waals surface area contributed by atoms with Crippen LogP contribution in [0.4, 0.5) is 0 Å². The summed E-state index contributed by atoms with van der Waals surface area (Å²) in [4.78, 5) is 0. The highest BCUT2D eigenvalue weighted by Gasteiger charge is 2.46. The average molecular weight is 399 g/mol. The second kappa shape index (κ2) is 10.0. The van der Waals surface area contributed by atoms with Crippen LogP contribution < -0.4 is 0 Å². The van der Waals surface area contributed by atoms with Crippen molar-refractivity contribution in [3.63, 3.8) is 0 Å². The highest BCUT2D eigenvalue weighted by molar-refractivity contribution is 7.40. The van der Waals surface area contributed by atoms with Gasteiger partial charge in [0.05, 0.1) is 12.2 Å². The molecule has 0 radical (unpaired) electrons. The van der Waals surface area contributed by atoms with Crippen LogP contribution in [-0.4, -0.2) is 33.2 Å². The molecule has 1 aliphatic heterocycles. The highest BCUT2D eigenvalue weighted by Crippen LogP contribution is 2.39. The molecular formula is C22H46O2Si2. The minimum absolute atomic E-state index is 0.263. The Kier molecular flexibility index (Phi) is 9.32. The summed E-state index contributed by atoms with van der Waals surface area (Å²) < 4.78 is 12.8. The van der Waals surface area contributed by atoms with Crippen LogP contribution in [0, 0.1) is 5.92 Å². The van der Waals surface area contributed by atoms with Crippen LogP contribution in [0.15, 0.2) is 12.7 Å². The largest absolute Gasteiger partial charge is 0.347 e. The predicted octanol–water partition coefficient (Wildman–Crippen LogP) is 7.18. The van der Waals surface area contributed by atoms with Gasteiger partial charge < -0.3 is 9.47 Å². The van der Waals surface area contributed by atoms with Gasteiger partial charge in [-0.1, -0.05) is 84.3 Å². The van der Waals surface area contributed by atoms with Gasteiger partial charge in [-0.05, 0) is 26.3 Å². The lowest BCUT2D eigenvalue weighted by atomic mass is 9.90. The van der Waals surface area contributed by atoms with Crippen molar-refractivity contribution in [3.05, 3.63) is 12.7 Å². The Balaban J connectivity index is 2.74. The highest BCUT2D eigenvalue weighted by atomic mass is 29.3. The van der Waals surface area contributed by atoms with E-state index in [0.717, 1.165) is 6.42 Å². The Morgan fingerprint density at radius 2 is 1.42 bits per heavy atom. The first-order valence-electron chi connectivity index (χ1n) is 10.9. The molecular weight excluding hydrogens is 352 g/mol. The molecule has 0 aromatic heterocycles. The third-order valence-electron chi connectivity index (χ3n) is 6.59. The smallest absolute Gasteiger partial charge is 0.163 e. The van der Waals surface area contributed by atoms with E-state index in [4.69, 9.17) is 9.47 Å². The van der Waals surface area contributed by atoms with Crippen molar-refractivity contribution in [2.75, 3.05) is 0 Å². The van der Waals surface area contributed by atoms with Crippen molar-refractivity contribution < 1.29 is 9.47 Å². The van der Waals surface area contributed by atoms with Crippen LogP contribution in [0.25, 0.3) is 0 Å². The molecule has 1 saturated heterocycles. The topological polar surface area (TPSA) is 18.5 Å². The summed E-state index contributed by atoms with van der Waals surface area (Å²) >= 11 is 0. The molecule has 1 fully saturated rings. The fourth-order valence-electron chi connectivity index (χ4n) is 3.82. The average Bonchev–Trinajstić information content (AvgIpc) is 2.48. The van der Waals surface area contributed by atoms with E-state index in [9.17, 15) is 0 Å². The quantitative estimate of drug-likeness (QED) is 0.208. The van der Waals surface area contributed by atoms with Gasteiger partial charge >= 0.3 is 0 Å². The zero-order valence-corrected chi connectivity index (χ0v) is 21.0. The molecule has 2 nitrogen and oxygen atoms in total. The normalized spacial score (nSPS) is 26.7. The summed E-state index contributed by atoms with van der Waals surface area (Å²) in [5.41, 5.74) is 0.